The first-order valence-electron chi connectivity index (χ1n) is 16.7. The van der Waals surface area contributed by atoms with Gasteiger partial charge in [-0.2, -0.15) is 0 Å². The molecule has 6 aromatic carbocycles. The van der Waals surface area contributed by atoms with Crippen LogP contribution in [0, 0.1) is 5.41 Å². The van der Waals surface area contributed by atoms with E-state index in [0.717, 1.165) is 17.7 Å². The molecule has 0 spiro atoms. The van der Waals surface area contributed by atoms with Gasteiger partial charge >= 0.3 is 0 Å². The van der Waals surface area contributed by atoms with Gasteiger partial charge in [-0.05, 0) is 41.6 Å². The summed E-state index contributed by atoms with van der Waals surface area (Å²) in [4.78, 5) is 6.55. The number of nitrogens with zero attached hydrogens (tertiary/aromatic N) is 3. The molecular weight excluding hydrogens is 613 g/mol. The maximum absolute atomic E-state index is 7.84. The van der Waals surface area contributed by atoms with Crippen molar-refractivity contribution >= 4 is 45.7 Å². The summed E-state index contributed by atoms with van der Waals surface area (Å²) >= 11 is 0. The molecule has 0 amide bonds. The van der Waals surface area contributed by atoms with Crippen molar-refractivity contribution in [3.63, 3.8) is 0 Å². The Morgan fingerprint density at radius 3 is 1.94 bits per heavy atom. The van der Waals surface area contributed by atoms with E-state index >= 15 is 0 Å². The van der Waals surface area contributed by atoms with Crippen LogP contribution in [0.3, 0.4) is 0 Å². The van der Waals surface area contributed by atoms with Crippen LogP contribution in [-0.4, -0.2) is 16.2 Å². The Kier molecular flexibility index (Phi) is 8.03. The van der Waals surface area contributed by atoms with E-state index in [2.05, 4.69) is 130 Å². The zero-order valence-corrected chi connectivity index (χ0v) is 27.7. The molecule has 0 fully saturated rings. The Balaban J connectivity index is 0.000000180. The second kappa shape index (κ2) is 13.1. The van der Waals surface area contributed by atoms with E-state index < -0.39 is 0 Å². The molecule has 0 aliphatic carbocycles. The molecule has 242 valence electrons. The summed E-state index contributed by atoms with van der Waals surface area (Å²) in [5.41, 5.74) is 20.0. The quantitative estimate of drug-likeness (QED) is 0.132. The van der Waals surface area contributed by atoms with E-state index in [-0.39, 0.29) is 5.84 Å². The molecule has 0 unspecified atom stereocenters. The molecule has 0 bridgehead atoms. The smallest absolute Gasteiger partial charge is 0.154 e. The highest BCUT2D eigenvalue weighted by Gasteiger charge is 2.30. The average Bonchev–Trinajstić information content (AvgIpc) is 3.40. The number of hydrogen-bond donors (Lipinski definition) is 3. The van der Waals surface area contributed by atoms with Gasteiger partial charge in [0.2, 0.25) is 0 Å². The van der Waals surface area contributed by atoms with Gasteiger partial charge in [-0.1, -0.05) is 133 Å². The van der Waals surface area contributed by atoms with Crippen molar-refractivity contribution in [1.82, 2.24) is 9.88 Å². The van der Waals surface area contributed by atoms with Crippen LogP contribution in [0.4, 0.5) is 17.1 Å². The molecule has 2 aliphatic heterocycles. The minimum Gasteiger partial charge on any atom is -0.387 e. The summed E-state index contributed by atoms with van der Waals surface area (Å²) in [5, 5.41) is 12.6. The van der Waals surface area contributed by atoms with Gasteiger partial charge in [0, 0.05) is 58.2 Å². The molecule has 9 rings (SSSR count). The number of aryl methyl sites for hydroxylation is 1. The number of aliphatic imine (C=N–C) groups is 1. The minimum atomic E-state index is 0.173. The molecule has 1 aromatic heterocycles. The van der Waals surface area contributed by atoms with E-state index in [1.165, 1.54) is 61.5 Å². The normalized spacial score (nSPS) is 12.7. The lowest BCUT2D eigenvalue weighted by molar-refractivity contribution is 0.839. The van der Waals surface area contributed by atoms with Crippen molar-refractivity contribution in [3.05, 3.63) is 180 Å². The first-order valence-corrected chi connectivity index (χ1v) is 16.7. The van der Waals surface area contributed by atoms with E-state index in [0.29, 0.717) is 5.84 Å². The Morgan fingerprint density at radius 2 is 1.24 bits per heavy atom. The van der Waals surface area contributed by atoms with E-state index in [1.54, 1.807) is 0 Å². The van der Waals surface area contributed by atoms with Crippen LogP contribution >= 0.6 is 0 Å². The summed E-state index contributed by atoms with van der Waals surface area (Å²) in [7, 11) is 2.20. The molecule has 0 atom stereocenters. The van der Waals surface area contributed by atoms with Gasteiger partial charge in [-0.15, -0.1) is 0 Å². The first-order chi connectivity index (χ1) is 24.6. The van der Waals surface area contributed by atoms with Crippen molar-refractivity contribution in [2.45, 2.75) is 6.54 Å². The number of benzene rings is 6. The number of hydrogen-bond acceptors (Lipinski definition) is 3. The summed E-state index contributed by atoms with van der Waals surface area (Å²) in [6.45, 7) is 0.848. The molecule has 6 nitrogen and oxygen atoms in total. The number of rotatable bonds is 3. The monoisotopic (exact) mass is 648 g/mol. The van der Waals surface area contributed by atoms with Crippen molar-refractivity contribution in [1.29, 1.82) is 5.41 Å². The number of amidine groups is 2. The maximum Gasteiger partial charge on any atom is 0.154 e. The van der Waals surface area contributed by atoms with Gasteiger partial charge in [0.25, 0.3) is 0 Å². The molecule has 0 radical (unpaired) electrons. The predicted octanol–water partition coefficient (Wildman–Crippen LogP) is 9.79. The Hall–Kier alpha value is -6.66. The second-order valence-electron chi connectivity index (χ2n) is 12.3. The molecule has 6 heteroatoms. The lowest BCUT2D eigenvalue weighted by atomic mass is 9.94. The molecule has 2 aliphatic rings. The lowest BCUT2D eigenvalue weighted by Crippen LogP contribution is -2.15. The van der Waals surface area contributed by atoms with E-state index in [1.807, 2.05) is 60.7 Å². The van der Waals surface area contributed by atoms with Crippen LogP contribution < -0.4 is 16.0 Å². The fraction of sp³-hybridized carbons (Fsp3) is 0.0455. The van der Waals surface area contributed by atoms with Gasteiger partial charge in [0.05, 0.1) is 16.9 Å². The zero-order valence-electron chi connectivity index (χ0n) is 27.7. The number of anilines is 3. The van der Waals surface area contributed by atoms with Crippen molar-refractivity contribution in [2.24, 2.45) is 17.8 Å². The third kappa shape index (κ3) is 5.43. The zero-order chi connectivity index (χ0) is 34.0. The van der Waals surface area contributed by atoms with Crippen LogP contribution in [0.15, 0.2) is 163 Å². The maximum atomic E-state index is 7.84. The van der Waals surface area contributed by atoms with Gasteiger partial charge < -0.3 is 20.5 Å². The predicted molar refractivity (Wildman–Crippen MR) is 208 cm³/mol. The fourth-order valence-electron chi connectivity index (χ4n) is 7.03. The van der Waals surface area contributed by atoms with E-state index in [9.17, 15) is 0 Å². The topological polar surface area (TPSA) is 82.4 Å². The van der Waals surface area contributed by atoms with Gasteiger partial charge in [0.1, 0.15) is 5.84 Å². The number of fused-ring (bicyclic) bond motifs is 9. The van der Waals surface area contributed by atoms with Crippen LogP contribution in [0.25, 0.3) is 39.2 Å². The summed E-state index contributed by atoms with van der Waals surface area (Å²) in [5.74, 6) is 0.534. The van der Waals surface area contributed by atoms with Crippen molar-refractivity contribution in [2.75, 3.05) is 4.90 Å². The Bertz CT molecular complexity index is 2410. The molecule has 4 N–H and O–H groups in total. The van der Waals surface area contributed by atoms with Gasteiger partial charge in [-0.3, -0.25) is 5.41 Å². The van der Waals surface area contributed by atoms with Crippen LogP contribution in [0.2, 0.25) is 0 Å². The minimum absolute atomic E-state index is 0.173. The fourth-order valence-corrected chi connectivity index (χ4v) is 7.03. The third-order valence-electron chi connectivity index (χ3n) is 9.36. The highest BCUT2D eigenvalue weighted by atomic mass is 15.2. The molecule has 0 saturated carbocycles. The number of para-hydroxylation sites is 2. The summed E-state index contributed by atoms with van der Waals surface area (Å²) in [6, 6.07) is 51.7. The molecule has 50 heavy (non-hydrogen) atoms. The van der Waals surface area contributed by atoms with Gasteiger partial charge in [0.15, 0.2) is 5.84 Å². The van der Waals surface area contributed by atoms with Crippen LogP contribution in [0.1, 0.15) is 22.4 Å². The standard InChI is InChI=1S/C30H23N3.C14H13N3/c1-32-27-17-18-31-19-26(27)25-16-15-24-22-12-6-5-11-21(22)23-13-7-8-14-28(23)33(30(24)29(25)32)20-9-3-2-4-10-20;15-13(11-7-3-1-4-8-11)17-14(16)12-9-5-2-6-10-12/h2-18,31H,19H2,1H3;1-10H,(H3,15,16,17). The highest BCUT2D eigenvalue weighted by molar-refractivity contribution is 6.12. The Morgan fingerprint density at radius 1 is 0.660 bits per heavy atom. The van der Waals surface area contributed by atoms with Crippen LogP contribution in [0.5, 0.6) is 0 Å². The largest absolute Gasteiger partial charge is 0.387 e. The number of nitrogens with one attached hydrogen (secondary N) is 2. The Labute approximate surface area is 292 Å². The lowest BCUT2D eigenvalue weighted by Gasteiger charge is -2.28. The SMILES string of the molecule is Cn1c2c(c3ccc4c(c31)N(c1ccccc1)c1ccccc1-c1ccccc1-4)CNC=C2.N=C(N=C(N)c1ccccc1)c1ccccc1. The molecule has 7 aromatic rings. The highest BCUT2D eigenvalue weighted by Crippen LogP contribution is 2.53. The molecular formula is C44H36N6. The molecule has 3 heterocycles. The first kappa shape index (κ1) is 30.7. The number of aromatic nitrogens is 1. The van der Waals surface area contributed by atoms with Crippen molar-refractivity contribution < 1.29 is 0 Å². The second-order valence-corrected chi connectivity index (χ2v) is 12.3. The summed E-state index contributed by atoms with van der Waals surface area (Å²) in [6.07, 6.45) is 4.25. The van der Waals surface area contributed by atoms with Crippen molar-refractivity contribution in [3.8, 4) is 22.3 Å². The van der Waals surface area contributed by atoms with Gasteiger partial charge in [-0.25, -0.2) is 4.99 Å². The number of nitrogens with two attached hydrogens (primary N) is 1. The van der Waals surface area contributed by atoms with Crippen LogP contribution in [-0.2, 0) is 13.6 Å². The molecule has 0 saturated heterocycles. The third-order valence-corrected chi connectivity index (χ3v) is 9.36. The van der Waals surface area contributed by atoms with E-state index in [4.69, 9.17) is 11.1 Å². The summed E-state index contributed by atoms with van der Waals surface area (Å²) < 4.78 is 2.37. The average molecular weight is 649 g/mol.